The summed E-state index contributed by atoms with van der Waals surface area (Å²) in [5, 5.41) is 14.7. The highest BCUT2D eigenvalue weighted by Gasteiger charge is 2.58. The van der Waals surface area contributed by atoms with E-state index in [0.29, 0.717) is 59.7 Å². The average molecular weight is 984 g/mol. The molecule has 4 heterocycles. The van der Waals surface area contributed by atoms with Gasteiger partial charge in [-0.25, -0.2) is 9.69 Å². The summed E-state index contributed by atoms with van der Waals surface area (Å²) in [7, 11) is 3.19. The molecule has 1 aliphatic carbocycles. The van der Waals surface area contributed by atoms with Gasteiger partial charge in [0.25, 0.3) is 11.8 Å². The molecule has 4 N–H and O–H groups in total. The van der Waals surface area contributed by atoms with Crippen molar-refractivity contribution in [2.45, 2.75) is 116 Å². The summed E-state index contributed by atoms with van der Waals surface area (Å²) >= 11 is 0. The zero-order valence-electron chi connectivity index (χ0n) is 41.9. The van der Waals surface area contributed by atoms with Gasteiger partial charge in [0.2, 0.25) is 5.91 Å². The molecule has 380 valence electrons. The second-order valence-electron chi connectivity index (χ2n) is 20.3. The first-order valence-corrected chi connectivity index (χ1v) is 25.0. The number of amides is 4. The van der Waals surface area contributed by atoms with Gasteiger partial charge in [-0.05, 0) is 127 Å². The third kappa shape index (κ3) is 10.2. The minimum atomic E-state index is -1.38. The standard InChI is InChI=1S/C56H65N5O11/c1-32(2)50(57)51(63)58-34(4)46(62)22-35-11-13-36(14-12-35)30-72-55(67)61-44-27-47(33(3)21-43(44)53(65)60-31-56(17-18-56)28-45(60)54(61)66)70-19-8-20-71-49-25-38-15-16-40-23-39(37-9-7-10-41(24-37)68-5)29-59(40)52(64)42(38)26-48(49)69-6/h7,9-14,21,24-27,29,32,34,40,45,50,54,66H,8,15-20,22-23,28,30-31,57H2,1-6H3,(H,58,63)/t34-,40+,45-,50-,54?/m0/s1. The van der Waals surface area contributed by atoms with Crippen LogP contribution in [0.4, 0.5) is 10.5 Å². The van der Waals surface area contributed by atoms with Crippen molar-refractivity contribution in [2.24, 2.45) is 17.1 Å². The molecule has 16 nitrogen and oxygen atoms in total. The number of rotatable bonds is 17. The third-order valence-corrected chi connectivity index (χ3v) is 15.0. The van der Waals surface area contributed by atoms with E-state index in [1.54, 1.807) is 68.5 Å². The van der Waals surface area contributed by atoms with Crippen molar-refractivity contribution in [3.8, 4) is 23.0 Å². The number of anilines is 1. The first kappa shape index (κ1) is 50.0. The number of hydrogen-bond donors (Lipinski definition) is 3. The molecule has 5 atom stereocenters. The molecule has 1 spiro atoms. The summed E-state index contributed by atoms with van der Waals surface area (Å²) < 4.78 is 29.6. The molecule has 9 rings (SSSR count). The van der Waals surface area contributed by atoms with Crippen LogP contribution >= 0.6 is 0 Å². The Kier molecular flexibility index (Phi) is 14.4. The Hall–Kier alpha value is -6.91. The number of carbonyl (C=O) groups is 5. The fourth-order valence-electron chi connectivity index (χ4n) is 10.3. The zero-order chi connectivity index (χ0) is 51.0. The second kappa shape index (κ2) is 20.7. The summed E-state index contributed by atoms with van der Waals surface area (Å²) in [6.45, 7) is 8.01. The van der Waals surface area contributed by atoms with E-state index in [0.717, 1.165) is 53.7 Å². The SMILES string of the molecule is COc1cccc(C2=CN3C(=O)c4cc(OC)c(OCCCOc5cc6c(cc5C)C(=O)N5CC7(CC7)C[C@H]5C(O)N6C(=O)OCc5ccc(CC(=O)[C@H](C)NC(=O)[C@@H](N)C(C)C)cc5)cc4CC[C@@H]3C2)c1. The van der Waals surface area contributed by atoms with Crippen LogP contribution in [0.3, 0.4) is 0 Å². The number of fused-ring (bicyclic) bond motifs is 4. The molecule has 0 radical (unpaired) electrons. The van der Waals surface area contributed by atoms with Crippen molar-refractivity contribution in [3.63, 3.8) is 0 Å². The lowest BCUT2D eigenvalue weighted by atomic mass is 9.97. The monoisotopic (exact) mass is 983 g/mol. The molecule has 1 saturated heterocycles. The molecule has 72 heavy (non-hydrogen) atoms. The molecule has 4 amide bonds. The van der Waals surface area contributed by atoms with Crippen LogP contribution in [-0.2, 0) is 33.8 Å². The van der Waals surface area contributed by atoms with Crippen molar-refractivity contribution in [1.29, 1.82) is 0 Å². The van der Waals surface area contributed by atoms with Gasteiger partial charge in [-0.2, -0.15) is 0 Å². The largest absolute Gasteiger partial charge is 0.497 e. The Bertz CT molecular complexity index is 2790. The lowest BCUT2D eigenvalue weighted by Crippen LogP contribution is -2.50. The molecule has 5 aliphatic rings. The van der Waals surface area contributed by atoms with E-state index in [2.05, 4.69) is 5.32 Å². The van der Waals surface area contributed by atoms with Gasteiger partial charge in [-0.1, -0.05) is 50.2 Å². The van der Waals surface area contributed by atoms with Gasteiger partial charge < -0.3 is 49.6 Å². The molecule has 1 unspecified atom stereocenters. The van der Waals surface area contributed by atoms with Gasteiger partial charge in [-0.15, -0.1) is 0 Å². The number of nitrogens with two attached hydrogens (primary N) is 1. The molecule has 0 aromatic heterocycles. The molecule has 1 saturated carbocycles. The number of benzene rings is 4. The second-order valence-corrected chi connectivity index (χ2v) is 20.3. The van der Waals surface area contributed by atoms with Gasteiger partial charge in [0.15, 0.2) is 23.5 Å². The van der Waals surface area contributed by atoms with Gasteiger partial charge in [0, 0.05) is 43.3 Å². The molecule has 0 bridgehead atoms. The Morgan fingerprint density at radius 3 is 2.32 bits per heavy atom. The fraction of sp³-hybridized carbons (Fsp3) is 0.446. The number of ketones is 1. The lowest BCUT2D eigenvalue weighted by molar-refractivity contribution is -0.128. The van der Waals surface area contributed by atoms with Gasteiger partial charge in [0.1, 0.15) is 18.1 Å². The Morgan fingerprint density at radius 2 is 1.61 bits per heavy atom. The molecule has 2 fully saturated rings. The van der Waals surface area contributed by atoms with Crippen molar-refractivity contribution < 1.29 is 52.8 Å². The topological polar surface area (TPSA) is 200 Å². The van der Waals surface area contributed by atoms with E-state index >= 15 is 0 Å². The smallest absolute Gasteiger partial charge is 0.416 e. The Balaban J connectivity index is 0.846. The van der Waals surface area contributed by atoms with Crippen molar-refractivity contribution in [1.82, 2.24) is 15.1 Å². The number of ether oxygens (including phenoxy) is 5. The fourth-order valence-corrected chi connectivity index (χ4v) is 10.3. The van der Waals surface area contributed by atoms with Crippen molar-refractivity contribution in [3.05, 3.63) is 118 Å². The van der Waals surface area contributed by atoms with Crippen molar-refractivity contribution in [2.75, 3.05) is 38.9 Å². The summed E-state index contributed by atoms with van der Waals surface area (Å²) in [5.41, 5.74) is 12.0. The van der Waals surface area contributed by atoms with E-state index in [-0.39, 0.29) is 78.4 Å². The van der Waals surface area contributed by atoms with Crippen LogP contribution in [0.2, 0.25) is 0 Å². The molecule has 4 aliphatic heterocycles. The van der Waals surface area contributed by atoms with Crippen LogP contribution in [-0.4, -0.2) is 109 Å². The van der Waals surface area contributed by atoms with Crippen LogP contribution in [0.25, 0.3) is 5.57 Å². The first-order chi connectivity index (χ1) is 34.6. The number of carbonyl (C=O) groups excluding carboxylic acids is 5. The number of nitrogens with one attached hydrogen (secondary N) is 1. The normalized spacial score (nSPS) is 20.3. The summed E-state index contributed by atoms with van der Waals surface area (Å²) in [4.78, 5) is 72.6. The van der Waals surface area contributed by atoms with Gasteiger partial charge >= 0.3 is 6.09 Å². The third-order valence-electron chi connectivity index (χ3n) is 15.0. The maximum Gasteiger partial charge on any atom is 0.416 e. The maximum absolute atomic E-state index is 14.3. The summed E-state index contributed by atoms with van der Waals surface area (Å²) in [5.74, 6) is 1.22. The first-order valence-electron chi connectivity index (χ1n) is 25.0. The quantitative estimate of drug-likeness (QED) is 0.0906. The summed E-state index contributed by atoms with van der Waals surface area (Å²) in [6, 6.07) is 19.9. The number of aliphatic hydroxyl groups excluding tert-OH is 1. The molecular formula is C56H65N5O11. The predicted molar refractivity (Wildman–Crippen MR) is 269 cm³/mol. The average Bonchev–Trinajstić information content (AvgIpc) is 3.88. The van der Waals surface area contributed by atoms with E-state index < -0.39 is 30.4 Å². The highest BCUT2D eigenvalue weighted by Crippen LogP contribution is 2.57. The minimum Gasteiger partial charge on any atom is -0.497 e. The van der Waals surface area contributed by atoms with Crippen LogP contribution in [0, 0.1) is 18.3 Å². The van der Waals surface area contributed by atoms with E-state index in [9.17, 15) is 29.1 Å². The van der Waals surface area contributed by atoms with Gasteiger partial charge in [0.05, 0.1) is 56.8 Å². The molecule has 4 aromatic rings. The summed E-state index contributed by atoms with van der Waals surface area (Å²) in [6.07, 6.45) is 5.01. The Morgan fingerprint density at radius 1 is 0.875 bits per heavy atom. The van der Waals surface area contributed by atoms with Crippen LogP contribution in [0.5, 0.6) is 23.0 Å². The van der Waals surface area contributed by atoms with Gasteiger partial charge in [-0.3, -0.25) is 19.2 Å². The predicted octanol–water partition coefficient (Wildman–Crippen LogP) is 7.13. The maximum atomic E-state index is 14.3. The zero-order valence-corrected chi connectivity index (χ0v) is 41.9. The molecule has 16 heteroatoms. The number of hydrogen-bond acceptors (Lipinski definition) is 12. The van der Waals surface area contributed by atoms with Crippen LogP contribution in [0.1, 0.15) is 108 Å². The lowest BCUT2D eigenvalue weighted by Gasteiger charge is -2.31. The van der Waals surface area contributed by atoms with E-state index in [1.807, 2.05) is 62.2 Å². The van der Waals surface area contributed by atoms with Crippen LogP contribution in [0.15, 0.2) is 79.0 Å². The number of aliphatic hydroxyl groups is 1. The highest BCUT2D eigenvalue weighted by molar-refractivity contribution is 6.06. The number of methoxy groups -OCH3 is 2. The van der Waals surface area contributed by atoms with Crippen LogP contribution < -0.4 is 34.9 Å². The minimum absolute atomic E-state index is 0.0316. The molecular weight excluding hydrogens is 919 g/mol. The number of aryl methyl sites for hydroxylation is 2. The van der Waals surface area contributed by atoms with E-state index in [4.69, 9.17) is 29.4 Å². The van der Waals surface area contributed by atoms with E-state index in [1.165, 1.54) is 4.90 Å². The highest BCUT2D eigenvalue weighted by atomic mass is 16.6. The Labute approximate surface area is 420 Å². The number of nitrogens with zero attached hydrogens (tertiary/aromatic N) is 3. The molecule has 4 aromatic carbocycles. The number of Topliss-reactive ketones (excluding diaryl/α,β-unsaturated/α-hetero) is 1. The van der Waals surface area contributed by atoms with Crippen molar-refractivity contribution >= 4 is 40.9 Å².